The molecule has 9 nitrogen and oxygen atoms in total. The summed E-state index contributed by atoms with van der Waals surface area (Å²) in [7, 11) is 3.16. The standard InChI is InChI=1S/C18H27N7O2/c1-12-13(2)25-14-15(21(3)18(27)22(4)16(14)26)19-17(25)24(20-12)11-10-23-8-6-5-7-9-23/h13H,5-11H2,1-4H3. The molecule has 2 aromatic heterocycles. The van der Waals surface area contributed by atoms with Crippen LogP contribution in [-0.4, -0.2) is 55.5 Å². The van der Waals surface area contributed by atoms with E-state index in [1.807, 2.05) is 23.4 Å². The van der Waals surface area contributed by atoms with Gasteiger partial charge in [-0.2, -0.15) is 10.1 Å². The van der Waals surface area contributed by atoms with Gasteiger partial charge in [-0.1, -0.05) is 6.42 Å². The molecule has 0 N–H and O–H groups in total. The number of aromatic nitrogens is 4. The van der Waals surface area contributed by atoms with Crippen molar-refractivity contribution in [3.63, 3.8) is 0 Å². The third-order valence-corrected chi connectivity index (χ3v) is 5.85. The second kappa shape index (κ2) is 6.63. The zero-order valence-corrected chi connectivity index (χ0v) is 16.5. The zero-order valence-electron chi connectivity index (χ0n) is 16.5. The highest BCUT2D eigenvalue weighted by atomic mass is 16.2. The molecule has 1 atom stereocenters. The fourth-order valence-electron chi connectivity index (χ4n) is 4.03. The zero-order chi connectivity index (χ0) is 19.3. The SMILES string of the molecule is CC1=NN(CCN2CCCCC2)c2nc3c(c(=O)n(C)c(=O)n3C)n2C1C. The molecule has 27 heavy (non-hydrogen) atoms. The average Bonchev–Trinajstić information content (AvgIpc) is 3.08. The lowest BCUT2D eigenvalue weighted by molar-refractivity contribution is 0.233. The molecule has 2 aliphatic rings. The molecule has 2 aliphatic heterocycles. The van der Waals surface area contributed by atoms with Crippen molar-refractivity contribution < 1.29 is 0 Å². The van der Waals surface area contributed by atoms with E-state index in [0.29, 0.717) is 23.7 Å². The molecule has 0 bridgehead atoms. The first-order valence-corrected chi connectivity index (χ1v) is 9.63. The summed E-state index contributed by atoms with van der Waals surface area (Å²) in [6.45, 7) is 7.85. The van der Waals surface area contributed by atoms with Crippen LogP contribution in [0.25, 0.3) is 11.2 Å². The number of hydrazone groups is 1. The Morgan fingerprint density at radius 2 is 1.74 bits per heavy atom. The normalized spacial score (nSPS) is 20.8. The number of anilines is 1. The maximum atomic E-state index is 12.8. The van der Waals surface area contributed by atoms with Crippen molar-refractivity contribution in [2.24, 2.45) is 19.2 Å². The average molecular weight is 373 g/mol. The molecule has 0 spiro atoms. The summed E-state index contributed by atoms with van der Waals surface area (Å²) >= 11 is 0. The molecule has 0 amide bonds. The third kappa shape index (κ3) is 2.80. The van der Waals surface area contributed by atoms with E-state index in [0.717, 1.165) is 29.9 Å². The van der Waals surface area contributed by atoms with Crippen molar-refractivity contribution in [2.45, 2.75) is 39.2 Å². The van der Waals surface area contributed by atoms with E-state index in [2.05, 4.69) is 9.88 Å². The highest BCUT2D eigenvalue weighted by Gasteiger charge is 2.30. The molecule has 0 saturated carbocycles. The number of rotatable bonds is 3. The molecule has 4 rings (SSSR count). The number of fused-ring (bicyclic) bond motifs is 3. The number of nitrogens with zero attached hydrogens (tertiary/aromatic N) is 7. The third-order valence-electron chi connectivity index (χ3n) is 5.85. The fraction of sp³-hybridized carbons (Fsp3) is 0.667. The van der Waals surface area contributed by atoms with E-state index < -0.39 is 0 Å². The van der Waals surface area contributed by atoms with Crippen LogP contribution >= 0.6 is 0 Å². The van der Waals surface area contributed by atoms with Crippen LogP contribution in [0.4, 0.5) is 5.95 Å². The predicted molar refractivity (Wildman–Crippen MR) is 106 cm³/mol. The summed E-state index contributed by atoms with van der Waals surface area (Å²) in [5.41, 5.74) is 1.12. The van der Waals surface area contributed by atoms with Gasteiger partial charge in [0.15, 0.2) is 11.2 Å². The van der Waals surface area contributed by atoms with Gasteiger partial charge in [0, 0.05) is 20.6 Å². The van der Waals surface area contributed by atoms with Gasteiger partial charge in [-0.25, -0.2) is 9.80 Å². The van der Waals surface area contributed by atoms with E-state index in [4.69, 9.17) is 5.10 Å². The Hall–Kier alpha value is -2.42. The van der Waals surface area contributed by atoms with Crippen LogP contribution in [0.5, 0.6) is 0 Å². The Labute approximate surface area is 157 Å². The highest BCUT2D eigenvalue weighted by molar-refractivity contribution is 5.91. The number of hydrogen-bond acceptors (Lipinski definition) is 6. The van der Waals surface area contributed by atoms with Gasteiger partial charge in [0.1, 0.15) is 0 Å². The minimum atomic E-state index is -0.367. The van der Waals surface area contributed by atoms with E-state index in [9.17, 15) is 9.59 Å². The van der Waals surface area contributed by atoms with Crippen LogP contribution in [0.15, 0.2) is 14.7 Å². The molecule has 4 heterocycles. The topological polar surface area (TPSA) is 80.7 Å². The monoisotopic (exact) mass is 373 g/mol. The van der Waals surface area contributed by atoms with Gasteiger partial charge in [-0.3, -0.25) is 18.5 Å². The number of imidazole rings is 1. The van der Waals surface area contributed by atoms with Crippen LogP contribution in [0, 0.1) is 0 Å². The van der Waals surface area contributed by atoms with Crippen LogP contribution < -0.4 is 16.3 Å². The quantitative estimate of drug-likeness (QED) is 0.790. The smallest absolute Gasteiger partial charge is 0.301 e. The second-order valence-corrected chi connectivity index (χ2v) is 7.60. The second-order valence-electron chi connectivity index (χ2n) is 7.60. The van der Waals surface area contributed by atoms with Crippen LogP contribution in [0.1, 0.15) is 39.2 Å². The van der Waals surface area contributed by atoms with E-state index in [1.165, 1.54) is 30.9 Å². The maximum Gasteiger partial charge on any atom is 0.332 e. The molecule has 146 valence electrons. The first-order chi connectivity index (χ1) is 12.9. The minimum Gasteiger partial charge on any atom is -0.301 e. The van der Waals surface area contributed by atoms with E-state index >= 15 is 0 Å². The van der Waals surface area contributed by atoms with Gasteiger partial charge in [0.05, 0.1) is 18.3 Å². The molecule has 0 aliphatic carbocycles. The minimum absolute atomic E-state index is 0.0820. The number of piperidine rings is 1. The van der Waals surface area contributed by atoms with Gasteiger partial charge < -0.3 is 4.90 Å². The van der Waals surface area contributed by atoms with Crippen LogP contribution in [0.3, 0.4) is 0 Å². The van der Waals surface area contributed by atoms with Crippen molar-refractivity contribution in [2.75, 3.05) is 31.2 Å². The summed E-state index contributed by atoms with van der Waals surface area (Å²) in [4.78, 5) is 32.2. The van der Waals surface area contributed by atoms with Gasteiger partial charge in [-0.05, 0) is 39.8 Å². The molecule has 2 aromatic rings. The van der Waals surface area contributed by atoms with Crippen molar-refractivity contribution in [3.05, 3.63) is 20.8 Å². The first kappa shape index (κ1) is 18.0. The largest absolute Gasteiger partial charge is 0.332 e. The van der Waals surface area contributed by atoms with Gasteiger partial charge in [0.2, 0.25) is 5.95 Å². The van der Waals surface area contributed by atoms with Crippen molar-refractivity contribution in [3.8, 4) is 0 Å². The molecular weight excluding hydrogens is 346 g/mol. The Morgan fingerprint density at radius 3 is 2.44 bits per heavy atom. The van der Waals surface area contributed by atoms with Crippen LogP contribution in [-0.2, 0) is 14.1 Å². The highest BCUT2D eigenvalue weighted by Crippen LogP contribution is 2.29. The maximum absolute atomic E-state index is 12.8. The number of aryl methyl sites for hydroxylation is 1. The fourth-order valence-corrected chi connectivity index (χ4v) is 4.03. The van der Waals surface area contributed by atoms with E-state index in [-0.39, 0.29) is 17.3 Å². The van der Waals surface area contributed by atoms with Crippen molar-refractivity contribution >= 4 is 22.8 Å². The van der Waals surface area contributed by atoms with E-state index in [1.54, 1.807) is 7.05 Å². The summed E-state index contributed by atoms with van der Waals surface area (Å²) in [5.74, 6) is 0.637. The number of hydrogen-bond donors (Lipinski definition) is 0. The van der Waals surface area contributed by atoms with Gasteiger partial charge in [-0.15, -0.1) is 0 Å². The molecule has 1 fully saturated rings. The van der Waals surface area contributed by atoms with Gasteiger partial charge in [0.25, 0.3) is 5.56 Å². The Balaban J connectivity index is 1.79. The molecule has 9 heteroatoms. The molecule has 1 saturated heterocycles. The summed E-state index contributed by atoms with van der Waals surface area (Å²) in [6.07, 6.45) is 3.80. The lowest BCUT2D eigenvalue weighted by Crippen LogP contribution is -2.40. The van der Waals surface area contributed by atoms with Crippen molar-refractivity contribution in [1.82, 2.24) is 23.6 Å². The lowest BCUT2D eigenvalue weighted by atomic mass is 10.1. The first-order valence-electron chi connectivity index (χ1n) is 9.63. The number of likely N-dealkylation sites (tertiary alicyclic amines) is 1. The Kier molecular flexibility index (Phi) is 4.41. The summed E-state index contributed by atoms with van der Waals surface area (Å²) < 4.78 is 4.51. The van der Waals surface area contributed by atoms with Crippen molar-refractivity contribution in [1.29, 1.82) is 0 Å². The molecule has 0 radical (unpaired) electrons. The summed E-state index contributed by atoms with van der Waals surface area (Å²) in [6, 6.07) is -0.0820. The lowest BCUT2D eigenvalue weighted by Gasteiger charge is -2.32. The Morgan fingerprint density at radius 1 is 1.04 bits per heavy atom. The predicted octanol–water partition coefficient (Wildman–Crippen LogP) is 0.677. The van der Waals surface area contributed by atoms with Gasteiger partial charge >= 0.3 is 5.69 Å². The molecule has 1 unspecified atom stereocenters. The Bertz CT molecular complexity index is 1020. The summed E-state index contributed by atoms with van der Waals surface area (Å²) in [5, 5.41) is 6.61. The molecular formula is C18H27N7O2. The van der Waals surface area contributed by atoms with Crippen LogP contribution in [0.2, 0.25) is 0 Å². The molecule has 0 aromatic carbocycles.